The van der Waals surface area contributed by atoms with Gasteiger partial charge in [-0.05, 0) is 18.2 Å². The number of halogens is 1. The maximum atomic E-state index is 9.06. The normalized spacial score (nSPS) is 15.8. The zero-order valence-corrected chi connectivity index (χ0v) is 14.6. The summed E-state index contributed by atoms with van der Waals surface area (Å²) in [6, 6.07) is 9.93. The third kappa shape index (κ3) is 3.33. The van der Waals surface area contributed by atoms with Crippen molar-refractivity contribution in [2.24, 2.45) is 0 Å². The molecule has 3 aromatic rings. The number of aromatic nitrogens is 3. The minimum atomic E-state index is 0.204. The first-order chi connectivity index (χ1) is 12.2. The Bertz CT molecular complexity index is 840. The molecule has 0 saturated carbocycles. The van der Waals surface area contributed by atoms with Gasteiger partial charge in [-0.1, -0.05) is 23.7 Å². The number of H-pyrrole nitrogens is 1. The van der Waals surface area contributed by atoms with Crippen LogP contribution in [-0.4, -0.2) is 64.3 Å². The fourth-order valence-electron chi connectivity index (χ4n) is 3.20. The van der Waals surface area contributed by atoms with Crippen LogP contribution in [0, 0.1) is 0 Å². The molecule has 1 saturated heterocycles. The maximum Gasteiger partial charge on any atom is 0.140 e. The van der Waals surface area contributed by atoms with E-state index in [1.54, 1.807) is 6.20 Å². The summed E-state index contributed by atoms with van der Waals surface area (Å²) in [7, 11) is 0. The fourth-order valence-corrected chi connectivity index (χ4v) is 3.40. The smallest absolute Gasteiger partial charge is 0.140 e. The van der Waals surface area contributed by atoms with Crippen molar-refractivity contribution in [2.75, 3.05) is 44.2 Å². The summed E-state index contributed by atoms with van der Waals surface area (Å²) in [6.07, 6.45) is 1.69. The van der Waals surface area contributed by atoms with Crippen molar-refractivity contribution in [2.45, 2.75) is 0 Å². The number of aromatic amines is 1. The summed E-state index contributed by atoms with van der Waals surface area (Å²) in [6.45, 7) is 4.54. The Morgan fingerprint density at radius 2 is 1.96 bits per heavy atom. The molecule has 1 aromatic carbocycles. The lowest BCUT2D eigenvalue weighted by Gasteiger charge is -2.35. The Morgan fingerprint density at radius 3 is 2.72 bits per heavy atom. The molecular formula is C18H20ClN5O. The molecule has 0 bridgehead atoms. The highest BCUT2D eigenvalue weighted by Crippen LogP contribution is 2.30. The Morgan fingerprint density at radius 1 is 1.16 bits per heavy atom. The summed E-state index contributed by atoms with van der Waals surface area (Å²) in [5, 5.41) is 9.65. The van der Waals surface area contributed by atoms with Gasteiger partial charge in [0.1, 0.15) is 11.6 Å². The van der Waals surface area contributed by atoms with E-state index in [9.17, 15) is 0 Å². The maximum absolute atomic E-state index is 9.06. The average molecular weight is 358 g/mol. The summed E-state index contributed by atoms with van der Waals surface area (Å²) < 4.78 is 0. The first-order valence-electron chi connectivity index (χ1n) is 8.43. The number of hydrogen-bond donors (Lipinski definition) is 2. The molecule has 1 aliphatic rings. The summed E-state index contributed by atoms with van der Waals surface area (Å²) in [5.74, 6) is 1.66. The van der Waals surface area contributed by atoms with Gasteiger partial charge in [-0.2, -0.15) is 0 Å². The van der Waals surface area contributed by atoms with Crippen molar-refractivity contribution in [1.82, 2.24) is 19.9 Å². The van der Waals surface area contributed by atoms with E-state index in [-0.39, 0.29) is 6.61 Å². The number of aliphatic hydroxyl groups excluding tert-OH is 1. The van der Waals surface area contributed by atoms with Crippen molar-refractivity contribution in [3.63, 3.8) is 0 Å². The van der Waals surface area contributed by atoms with Crippen LogP contribution in [-0.2, 0) is 0 Å². The van der Waals surface area contributed by atoms with Crippen LogP contribution in [0.4, 0.5) is 5.82 Å². The number of rotatable bonds is 4. The molecule has 25 heavy (non-hydrogen) atoms. The zero-order valence-electron chi connectivity index (χ0n) is 13.8. The Labute approximate surface area is 151 Å². The Hall–Kier alpha value is -2.15. The molecule has 130 valence electrons. The lowest BCUT2D eigenvalue weighted by Crippen LogP contribution is -2.47. The number of nitrogens with one attached hydrogen (secondary N) is 1. The van der Waals surface area contributed by atoms with Gasteiger partial charge in [0.15, 0.2) is 0 Å². The van der Waals surface area contributed by atoms with Crippen molar-refractivity contribution in [3.05, 3.63) is 41.6 Å². The van der Waals surface area contributed by atoms with Crippen LogP contribution in [0.2, 0.25) is 5.02 Å². The molecule has 2 aromatic heterocycles. The fraction of sp³-hybridized carbons (Fsp3) is 0.333. The molecule has 3 heterocycles. The summed E-state index contributed by atoms with van der Waals surface area (Å²) >= 11 is 6.38. The molecule has 4 rings (SSSR count). The standard InChI is InChI=1S/C18H20ClN5O/c19-14-12-20-17(24-7-5-23(6-8-24)9-10-25)11-13(14)18-21-15-3-1-2-4-16(15)22-18/h1-4,11-12,25H,5-10H2,(H,21,22). The average Bonchev–Trinajstić information content (AvgIpc) is 3.07. The second-order valence-corrected chi connectivity index (χ2v) is 6.58. The molecule has 0 spiro atoms. The molecule has 0 amide bonds. The number of pyridine rings is 1. The van der Waals surface area contributed by atoms with Crippen molar-refractivity contribution < 1.29 is 5.11 Å². The van der Waals surface area contributed by atoms with Crippen molar-refractivity contribution in [1.29, 1.82) is 0 Å². The molecule has 0 radical (unpaired) electrons. The van der Waals surface area contributed by atoms with Crippen LogP contribution in [0.25, 0.3) is 22.4 Å². The predicted octanol–water partition coefficient (Wildman–Crippen LogP) is 2.39. The minimum Gasteiger partial charge on any atom is -0.395 e. The number of β-amino-alcohol motifs (C(OH)–C–C–N with tert-alkyl or cyclic N) is 1. The number of imidazole rings is 1. The van der Waals surface area contributed by atoms with E-state index in [4.69, 9.17) is 16.7 Å². The monoisotopic (exact) mass is 357 g/mol. The first-order valence-corrected chi connectivity index (χ1v) is 8.81. The Balaban J connectivity index is 1.61. The second kappa shape index (κ2) is 7.00. The largest absolute Gasteiger partial charge is 0.395 e. The van der Waals surface area contributed by atoms with Crippen molar-refractivity contribution >= 4 is 28.5 Å². The molecule has 0 atom stereocenters. The number of hydrogen-bond acceptors (Lipinski definition) is 5. The van der Waals surface area contributed by atoms with Gasteiger partial charge in [0.25, 0.3) is 0 Å². The van der Waals surface area contributed by atoms with Gasteiger partial charge in [-0.3, -0.25) is 4.90 Å². The van der Waals surface area contributed by atoms with E-state index in [0.29, 0.717) is 5.02 Å². The highest BCUT2D eigenvalue weighted by atomic mass is 35.5. The summed E-state index contributed by atoms with van der Waals surface area (Å²) in [5.41, 5.74) is 2.77. The predicted molar refractivity (Wildman–Crippen MR) is 100 cm³/mol. The molecule has 2 N–H and O–H groups in total. The number of benzene rings is 1. The number of anilines is 1. The number of piperazine rings is 1. The molecule has 1 aliphatic heterocycles. The molecule has 0 aliphatic carbocycles. The molecule has 1 fully saturated rings. The van der Waals surface area contributed by atoms with E-state index in [1.165, 1.54) is 0 Å². The second-order valence-electron chi connectivity index (χ2n) is 6.18. The third-order valence-electron chi connectivity index (χ3n) is 4.60. The van der Waals surface area contributed by atoms with Gasteiger partial charge in [-0.25, -0.2) is 9.97 Å². The van der Waals surface area contributed by atoms with Crippen LogP contribution in [0.1, 0.15) is 0 Å². The van der Waals surface area contributed by atoms with Crippen LogP contribution in [0.3, 0.4) is 0 Å². The minimum absolute atomic E-state index is 0.204. The number of aliphatic hydroxyl groups is 1. The third-order valence-corrected chi connectivity index (χ3v) is 4.90. The molecular weight excluding hydrogens is 338 g/mol. The van der Waals surface area contributed by atoms with Gasteiger partial charge >= 0.3 is 0 Å². The van der Waals surface area contributed by atoms with Crippen LogP contribution in [0.5, 0.6) is 0 Å². The van der Waals surface area contributed by atoms with Crippen LogP contribution >= 0.6 is 11.6 Å². The van der Waals surface area contributed by atoms with E-state index >= 15 is 0 Å². The molecule has 6 nitrogen and oxygen atoms in total. The van der Waals surface area contributed by atoms with Gasteiger partial charge in [0.05, 0.1) is 22.7 Å². The zero-order chi connectivity index (χ0) is 17.2. The Kier molecular flexibility index (Phi) is 4.57. The quantitative estimate of drug-likeness (QED) is 0.750. The van der Waals surface area contributed by atoms with Crippen molar-refractivity contribution in [3.8, 4) is 11.4 Å². The number of nitrogens with zero attached hydrogens (tertiary/aromatic N) is 4. The number of fused-ring (bicyclic) bond motifs is 1. The van der Waals surface area contributed by atoms with Gasteiger partial charge in [-0.15, -0.1) is 0 Å². The topological polar surface area (TPSA) is 68.3 Å². The number of para-hydroxylation sites is 2. The van der Waals surface area contributed by atoms with Gasteiger partial charge in [0.2, 0.25) is 0 Å². The van der Waals surface area contributed by atoms with Crippen LogP contribution < -0.4 is 4.90 Å². The first kappa shape index (κ1) is 16.3. The van der Waals surface area contributed by atoms with E-state index in [2.05, 4.69) is 24.8 Å². The van der Waals surface area contributed by atoms with E-state index < -0.39 is 0 Å². The van der Waals surface area contributed by atoms with Crippen LogP contribution in [0.15, 0.2) is 36.5 Å². The van der Waals surface area contributed by atoms with E-state index in [0.717, 1.165) is 61.0 Å². The van der Waals surface area contributed by atoms with Gasteiger partial charge < -0.3 is 15.0 Å². The summed E-state index contributed by atoms with van der Waals surface area (Å²) in [4.78, 5) is 17.0. The van der Waals surface area contributed by atoms with E-state index in [1.807, 2.05) is 30.3 Å². The molecule has 0 unspecified atom stereocenters. The SMILES string of the molecule is OCCN1CCN(c2cc(-c3nc4ccccc4[nH]3)c(Cl)cn2)CC1. The lowest BCUT2D eigenvalue weighted by atomic mass is 10.2. The molecule has 7 heteroatoms. The highest BCUT2D eigenvalue weighted by Gasteiger charge is 2.19. The lowest BCUT2D eigenvalue weighted by molar-refractivity contribution is 0.188. The van der Waals surface area contributed by atoms with Gasteiger partial charge in [0, 0.05) is 44.5 Å². The highest BCUT2D eigenvalue weighted by molar-refractivity contribution is 6.33.